The van der Waals surface area contributed by atoms with Gasteiger partial charge in [-0.25, -0.2) is 0 Å². The van der Waals surface area contributed by atoms with Crippen LogP contribution in [0.1, 0.15) is 50.3 Å². The lowest BCUT2D eigenvalue weighted by molar-refractivity contribution is 0.0345. The highest BCUT2D eigenvalue weighted by atomic mass is 16.5. The number of nitrogens with two attached hydrogens (primary N) is 1. The number of hydrogen-bond donors (Lipinski definition) is 2. The summed E-state index contributed by atoms with van der Waals surface area (Å²) < 4.78 is 5.53. The maximum absolute atomic E-state index is 9.96. The molecule has 0 aliphatic rings. The van der Waals surface area contributed by atoms with E-state index in [1.807, 2.05) is 24.3 Å². The van der Waals surface area contributed by atoms with Crippen molar-refractivity contribution in [1.82, 2.24) is 0 Å². The Kier molecular flexibility index (Phi) is 6.74. The summed E-state index contributed by atoms with van der Waals surface area (Å²) in [6.45, 7) is 4.61. The molecule has 1 aromatic carbocycles. The number of rotatable bonds is 6. The van der Waals surface area contributed by atoms with Crippen molar-refractivity contribution in [3.8, 4) is 11.8 Å². The molecule has 0 aliphatic carbocycles. The summed E-state index contributed by atoms with van der Waals surface area (Å²) >= 11 is 0. The van der Waals surface area contributed by atoms with Gasteiger partial charge in [-0.15, -0.1) is 0 Å². The van der Waals surface area contributed by atoms with Crippen LogP contribution in [0.3, 0.4) is 0 Å². The molecule has 110 valence electrons. The van der Waals surface area contributed by atoms with Crippen LogP contribution in [-0.4, -0.2) is 24.4 Å². The zero-order chi connectivity index (χ0) is 15.0. The second-order valence-electron chi connectivity index (χ2n) is 4.87. The molecule has 1 unspecified atom stereocenters. The lowest BCUT2D eigenvalue weighted by Crippen LogP contribution is -2.27. The SMILES string of the molecule is CCC(C#Cc1cccc(C(O)CCN)c1)(CC)OC. The first kappa shape index (κ1) is 16.7. The zero-order valence-corrected chi connectivity index (χ0v) is 12.6. The van der Waals surface area contributed by atoms with Crippen LogP contribution in [0.15, 0.2) is 24.3 Å². The third kappa shape index (κ3) is 4.35. The van der Waals surface area contributed by atoms with Crippen LogP contribution in [0.4, 0.5) is 0 Å². The summed E-state index contributed by atoms with van der Waals surface area (Å²) in [5.41, 5.74) is 6.84. The smallest absolute Gasteiger partial charge is 0.128 e. The van der Waals surface area contributed by atoms with Crippen molar-refractivity contribution in [3.63, 3.8) is 0 Å². The average Bonchev–Trinajstić information content (AvgIpc) is 2.50. The van der Waals surface area contributed by atoms with Gasteiger partial charge in [0.25, 0.3) is 0 Å². The maximum Gasteiger partial charge on any atom is 0.128 e. The highest BCUT2D eigenvalue weighted by Crippen LogP contribution is 2.20. The van der Waals surface area contributed by atoms with Gasteiger partial charge in [-0.2, -0.15) is 0 Å². The summed E-state index contributed by atoms with van der Waals surface area (Å²) in [5.74, 6) is 6.38. The maximum atomic E-state index is 9.96. The van der Waals surface area contributed by atoms with Gasteiger partial charge in [0.2, 0.25) is 0 Å². The molecule has 0 aromatic heterocycles. The van der Waals surface area contributed by atoms with Gasteiger partial charge >= 0.3 is 0 Å². The second-order valence-corrected chi connectivity index (χ2v) is 4.87. The number of ether oxygens (including phenoxy) is 1. The molecular weight excluding hydrogens is 250 g/mol. The fourth-order valence-corrected chi connectivity index (χ4v) is 2.10. The van der Waals surface area contributed by atoms with Gasteiger partial charge in [0.1, 0.15) is 5.60 Å². The Balaban J connectivity index is 2.97. The molecule has 0 aliphatic heterocycles. The predicted molar refractivity (Wildman–Crippen MR) is 82.3 cm³/mol. The highest BCUT2D eigenvalue weighted by molar-refractivity contribution is 5.39. The molecule has 1 aromatic rings. The van der Waals surface area contributed by atoms with Crippen molar-refractivity contribution in [3.05, 3.63) is 35.4 Å². The minimum absolute atomic E-state index is 0.383. The van der Waals surface area contributed by atoms with Crippen LogP contribution in [0, 0.1) is 11.8 Å². The summed E-state index contributed by atoms with van der Waals surface area (Å²) in [4.78, 5) is 0. The monoisotopic (exact) mass is 275 g/mol. The van der Waals surface area contributed by atoms with Crippen LogP contribution in [0.25, 0.3) is 0 Å². The quantitative estimate of drug-likeness (QED) is 0.785. The molecule has 20 heavy (non-hydrogen) atoms. The van der Waals surface area contributed by atoms with Crippen molar-refractivity contribution in [2.24, 2.45) is 5.73 Å². The summed E-state index contributed by atoms with van der Waals surface area (Å²) in [6, 6.07) is 7.66. The molecule has 0 heterocycles. The Morgan fingerprint density at radius 2 is 2.05 bits per heavy atom. The van der Waals surface area contributed by atoms with E-state index >= 15 is 0 Å². The number of aliphatic hydroxyl groups is 1. The van der Waals surface area contributed by atoms with Gasteiger partial charge in [0.05, 0.1) is 6.10 Å². The van der Waals surface area contributed by atoms with Gasteiger partial charge in [0.15, 0.2) is 0 Å². The van der Waals surface area contributed by atoms with Crippen LogP contribution in [-0.2, 0) is 4.74 Å². The van der Waals surface area contributed by atoms with E-state index in [1.165, 1.54) is 0 Å². The number of benzene rings is 1. The molecule has 0 saturated carbocycles. The first-order chi connectivity index (χ1) is 9.60. The first-order valence-electron chi connectivity index (χ1n) is 7.17. The standard InChI is InChI=1S/C17H25NO2/c1-4-17(5-2,20-3)11-9-14-7-6-8-15(13-14)16(19)10-12-18/h6-8,13,16,19H,4-5,10,12,18H2,1-3H3. The van der Waals surface area contributed by atoms with E-state index in [2.05, 4.69) is 25.7 Å². The summed E-state index contributed by atoms with van der Waals surface area (Å²) in [7, 11) is 1.70. The van der Waals surface area contributed by atoms with Crippen LogP contribution in [0.5, 0.6) is 0 Å². The first-order valence-corrected chi connectivity index (χ1v) is 7.17. The zero-order valence-electron chi connectivity index (χ0n) is 12.6. The Morgan fingerprint density at radius 1 is 1.35 bits per heavy atom. The van der Waals surface area contributed by atoms with E-state index < -0.39 is 6.10 Å². The van der Waals surface area contributed by atoms with Crippen LogP contribution < -0.4 is 5.73 Å². The van der Waals surface area contributed by atoms with Crippen LogP contribution >= 0.6 is 0 Å². The van der Waals surface area contributed by atoms with Crippen molar-refractivity contribution >= 4 is 0 Å². The lowest BCUT2D eigenvalue weighted by Gasteiger charge is -2.23. The third-order valence-electron chi connectivity index (χ3n) is 3.68. The molecule has 0 amide bonds. The Bertz CT molecular complexity index is 461. The number of aliphatic hydroxyl groups excluding tert-OH is 1. The topological polar surface area (TPSA) is 55.5 Å². The van der Waals surface area contributed by atoms with Gasteiger partial charge in [-0.3, -0.25) is 0 Å². The molecule has 3 heteroatoms. The molecule has 3 nitrogen and oxygen atoms in total. The third-order valence-corrected chi connectivity index (χ3v) is 3.68. The minimum atomic E-state index is -0.522. The second kappa shape index (κ2) is 8.06. The van der Waals surface area contributed by atoms with Gasteiger partial charge in [-0.05, 0) is 43.5 Å². The van der Waals surface area contributed by atoms with Gasteiger partial charge in [0, 0.05) is 12.7 Å². The van der Waals surface area contributed by atoms with E-state index in [9.17, 15) is 5.11 Å². The van der Waals surface area contributed by atoms with E-state index in [1.54, 1.807) is 7.11 Å². The molecule has 0 radical (unpaired) electrons. The summed E-state index contributed by atoms with van der Waals surface area (Å²) in [6.07, 6.45) is 1.74. The average molecular weight is 275 g/mol. The molecule has 1 atom stereocenters. The van der Waals surface area contributed by atoms with Crippen molar-refractivity contribution in [1.29, 1.82) is 0 Å². The van der Waals surface area contributed by atoms with E-state index in [4.69, 9.17) is 10.5 Å². The molecule has 0 spiro atoms. The number of hydrogen-bond acceptors (Lipinski definition) is 3. The van der Waals surface area contributed by atoms with Gasteiger partial charge in [-0.1, -0.05) is 37.8 Å². The Morgan fingerprint density at radius 3 is 2.60 bits per heavy atom. The van der Waals surface area contributed by atoms with Crippen molar-refractivity contribution in [2.45, 2.75) is 44.8 Å². The molecule has 0 fully saturated rings. The minimum Gasteiger partial charge on any atom is -0.388 e. The van der Waals surface area contributed by atoms with E-state index in [0.717, 1.165) is 24.0 Å². The Hall–Kier alpha value is -1.34. The number of methoxy groups -OCH3 is 1. The Labute approximate surface area is 122 Å². The molecule has 3 N–H and O–H groups in total. The van der Waals surface area contributed by atoms with Crippen molar-refractivity contribution < 1.29 is 9.84 Å². The van der Waals surface area contributed by atoms with E-state index in [0.29, 0.717) is 13.0 Å². The largest absolute Gasteiger partial charge is 0.388 e. The normalized spacial score (nSPS) is 12.7. The van der Waals surface area contributed by atoms with Crippen molar-refractivity contribution in [2.75, 3.05) is 13.7 Å². The van der Waals surface area contributed by atoms with Gasteiger partial charge < -0.3 is 15.6 Å². The fraction of sp³-hybridized carbons (Fsp3) is 0.529. The highest BCUT2D eigenvalue weighted by Gasteiger charge is 2.21. The van der Waals surface area contributed by atoms with E-state index in [-0.39, 0.29) is 5.60 Å². The molecule has 0 saturated heterocycles. The fourth-order valence-electron chi connectivity index (χ4n) is 2.10. The van der Waals surface area contributed by atoms with Crippen LogP contribution in [0.2, 0.25) is 0 Å². The molecule has 1 rings (SSSR count). The lowest BCUT2D eigenvalue weighted by atomic mass is 9.97. The molecule has 0 bridgehead atoms. The molecular formula is C17H25NO2. The summed E-state index contributed by atoms with van der Waals surface area (Å²) in [5, 5.41) is 9.96. The predicted octanol–water partition coefficient (Wildman–Crippen LogP) is 2.63.